The highest BCUT2D eigenvalue weighted by atomic mass is 16.3. The van der Waals surface area contributed by atoms with Crippen LogP contribution in [0.5, 0.6) is 0 Å². The molecule has 0 saturated heterocycles. The third kappa shape index (κ3) is 2.40. The molecule has 1 N–H and O–H groups in total. The monoisotopic (exact) mass is 261 g/mol. The maximum atomic E-state index is 12.1. The summed E-state index contributed by atoms with van der Waals surface area (Å²) in [6, 6.07) is 5.25. The molecular formula is C15H19NO3. The van der Waals surface area contributed by atoms with Gasteiger partial charge in [0.25, 0.3) is 0 Å². The number of carbonyl (C=O) groups is 2. The largest absolute Gasteiger partial charge is 0.381 e. The van der Waals surface area contributed by atoms with Crippen molar-refractivity contribution in [2.75, 3.05) is 11.9 Å². The second-order valence-corrected chi connectivity index (χ2v) is 6.03. The smallest absolute Gasteiger partial charge is 0.231 e. The molecule has 1 atom stereocenters. The number of benzene rings is 1. The summed E-state index contributed by atoms with van der Waals surface area (Å²) in [5.74, 6) is -0.186. The molecule has 1 amide bonds. The predicted octanol–water partition coefficient (Wildman–Crippen LogP) is 1.85. The molecule has 1 heterocycles. The average molecular weight is 261 g/mol. The summed E-state index contributed by atoms with van der Waals surface area (Å²) >= 11 is 0. The number of hydrogen-bond acceptors (Lipinski definition) is 3. The van der Waals surface area contributed by atoms with E-state index in [1.54, 1.807) is 50.9 Å². The lowest BCUT2D eigenvalue weighted by atomic mass is 9.85. The molecule has 4 heteroatoms. The Morgan fingerprint density at radius 2 is 2.00 bits per heavy atom. The Balaban J connectivity index is 2.32. The van der Waals surface area contributed by atoms with Crippen molar-refractivity contribution in [3.8, 4) is 0 Å². The topological polar surface area (TPSA) is 57.6 Å². The second kappa shape index (κ2) is 4.46. The van der Waals surface area contributed by atoms with Crippen molar-refractivity contribution < 1.29 is 14.7 Å². The van der Waals surface area contributed by atoms with E-state index in [4.69, 9.17) is 0 Å². The van der Waals surface area contributed by atoms with Gasteiger partial charge >= 0.3 is 0 Å². The Morgan fingerprint density at radius 1 is 1.37 bits per heavy atom. The number of fused-ring (bicyclic) bond motifs is 1. The molecule has 1 aromatic rings. The molecule has 1 aliphatic heterocycles. The standard InChI is InChI=1S/C15H19NO3/c1-15(2,3)14(19)13(18)9-5-6-11-10(7-9)8-12(17)16(11)4/h5-7,13,18H,8H2,1-4H3. The van der Waals surface area contributed by atoms with Crippen LogP contribution in [-0.2, 0) is 16.0 Å². The first kappa shape index (κ1) is 13.7. The zero-order valence-corrected chi connectivity index (χ0v) is 11.7. The van der Waals surface area contributed by atoms with E-state index in [0.29, 0.717) is 12.0 Å². The fourth-order valence-electron chi connectivity index (χ4n) is 2.22. The molecule has 0 bridgehead atoms. The van der Waals surface area contributed by atoms with Gasteiger partial charge in [0, 0.05) is 18.2 Å². The highest BCUT2D eigenvalue weighted by molar-refractivity contribution is 6.01. The van der Waals surface area contributed by atoms with Gasteiger partial charge in [0.05, 0.1) is 6.42 Å². The number of amides is 1. The number of ketones is 1. The number of nitrogens with zero attached hydrogens (tertiary/aromatic N) is 1. The van der Waals surface area contributed by atoms with Crippen molar-refractivity contribution >= 4 is 17.4 Å². The number of Topliss-reactive ketones (excluding diaryl/α,β-unsaturated/α-hetero) is 1. The molecule has 1 aliphatic rings. The maximum absolute atomic E-state index is 12.1. The molecule has 102 valence electrons. The Kier molecular flexibility index (Phi) is 3.22. The molecule has 0 saturated carbocycles. The van der Waals surface area contributed by atoms with Crippen molar-refractivity contribution in [2.24, 2.45) is 5.41 Å². The van der Waals surface area contributed by atoms with Gasteiger partial charge in [-0.1, -0.05) is 32.9 Å². The molecule has 19 heavy (non-hydrogen) atoms. The number of aliphatic hydroxyl groups excluding tert-OH is 1. The summed E-state index contributed by atoms with van der Waals surface area (Å²) in [4.78, 5) is 25.3. The summed E-state index contributed by atoms with van der Waals surface area (Å²) in [6.45, 7) is 5.34. The van der Waals surface area contributed by atoms with Gasteiger partial charge in [0.2, 0.25) is 5.91 Å². The lowest BCUT2D eigenvalue weighted by Crippen LogP contribution is -2.26. The summed E-state index contributed by atoms with van der Waals surface area (Å²) in [7, 11) is 1.73. The molecular weight excluding hydrogens is 242 g/mol. The zero-order valence-electron chi connectivity index (χ0n) is 11.7. The molecule has 0 spiro atoms. The first-order chi connectivity index (χ1) is 8.71. The lowest BCUT2D eigenvalue weighted by Gasteiger charge is -2.21. The first-order valence-electron chi connectivity index (χ1n) is 6.33. The normalized spacial score (nSPS) is 16.5. The van der Waals surface area contributed by atoms with Crippen LogP contribution in [0.25, 0.3) is 0 Å². The highest BCUT2D eigenvalue weighted by Gasteiger charge is 2.31. The van der Waals surface area contributed by atoms with Crippen LogP contribution in [0.2, 0.25) is 0 Å². The summed E-state index contributed by atoms with van der Waals surface area (Å²) in [5.41, 5.74) is 1.68. The molecule has 1 unspecified atom stereocenters. The van der Waals surface area contributed by atoms with E-state index < -0.39 is 11.5 Å². The Bertz CT molecular complexity index is 543. The number of rotatable bonds is 2. The van der Waals surface area contributed by atoms with Crippen LogP contribution in [0.4, 0.5) is 5.69 Å². The minimum absolute atomic E-state index is 0.0313. The van der Waals surface area contributed by atoms with E-state index >= 15 is 0 Å². The molecule has 0 fully saturated rings. The van der Waals surface area contributed by atoms with Crippen molar-refractivity contribution in [3.63, 3.8) is 0 Å². The maximum Gasteiger partial charge on any atom is 0.231 e. The predicted molar refractivity (Wildman–Crippen MR) is 73.0 cm³/mol. The fraction of sp³-hybridized carbons (Fsp3) is 0.467. The molecule has 2 rings (SSSR count). The zero-order chi connectivity index (χ0) is 14.4. The van der Waals surface area contributed by atoms with Gasteiger partial charge in [0.15, 0.2) is 5.78 Å². The number of likely N-dealkylation sites (N-methyl/N-ethyl adjacent to an activating group) is 1. The SMILES string of the molecule is CN1C(=O)Cc2cc(C(O)C(=O)C(C)(C)C)ccc21. The van der Waals surface area contributed by atoms with Gasteiger partial charge in [-0.3, -0.25) is 9.59 Å². The Morgan fingerprint density at radius 3 is 2.58 bits per heavy atom. The number of hydrogen-bond donors (Lipinski definition) is 1. The van der Waals surface area contributed by atoms with Gasteiger partial charge in [-0.15, -0.1) is 0 Å². The highest BCUT2D eigenvalue weighted by Crippen LogP contribution is 2.32. The van der Waals surface area contributed by atoms with Crippen LogP contribution in [0.3, 0.4) is 0 Å². The molecule has 4 nitrogen and oxygen atoms in total. The summed E-state index contributed by atoms with van der Waals surface area (Å²) < 4.78 is 0. The quantitative estimate of drug-likeness (QED) is 0.884. The third-order valence-electron chi connectivity index (χ3n) is 3.48. The lowest BCUT2D eigenvalue weighted by molar-refractivity contribution is -0.135. The Hall–Kier alpha value is -1.68. The molecule has 0 aliphatic carbocycles. The molecule has 0 radical (unpaired) electrons. The summed E-state index contributed by atoms with van der Waals surface area (Å²) in [6.07, 6.45) is -0.804. The van der Waals surface area contributed by atoms with E-state index in [1.165, 1.54) is 0 Å². The Labute approximate surface area is 113 Å². The first-order valence-corrected chi connectivity index (χ1v) is 6.33. The van der Waals surface area contributed by atoms with E-state index in [1.807, 2.05) is 0 Å². The van der Waals surface area contributed by atoms with Gasteiger partial charge in [-0.2, -0.15) is 0 Å². The minimum atomic E-state index is -1.13. The number of anilines is 1. The minimum Gasteiger partial charge on any atom is -0.381 e. The van der Waals surface area contributed by atoms with E-state index in [0.717, 1.165) is 11.3 Å². The third-order valence-corrected chi connectivity index (χ3v) is 3.48. The van der Waals surface area contributed by atoms with E-state index in [-0.39, 0.29) is 11.7 Å². The second-order valence-electron chi connectivity index (χ2n) is 6.03. The van der Waals surface area contributed by atoms with Crippen molar-refractivity contribution in [1.29, 1.82) is 0 Å². The molecule has 0 aromatic heterocycles. The van der Waals surface area contributed by atoms with Crippen LogP contribution in [0, 0.1) is 5.41 Å². The van der Waals surface area contributed by atoms with Crippen LogP contribution < -0.4 is 4.90 Å². The van der Waals surface area contributed by atoms with Crippen LogP contribution in [0.15, 0.2) is 18.2 Å². The number of carbonyl (C=O) groups excluding carboxylic acids is 2. The molecule has 1 aromatic carbocycles. The van der Waals surface area contributed by atoms with Crippen molar-refractivity contribution in [3.05, 3.63) is 29.3 Å². The average Bonchev–Trinajstić information content (AvgIpc) is 2.61. The van der Waals surface area contributed by atoms with Crippen LogP contribution >= 0.6 is 0 Å². The number of aliphatic hydroxyl groups is 1. The van der Waals surface area contributed by atoms with Crippen LogP contribution in [0.1, 0.15) is 38.0 Å². The van der Waals surface area contributed by atoms with Crippen LogP contribution in [-0.4, -0.2) is 23.8 Å². The van der Waals surface area contributed by atoms with Gasteiger partial charge < -0.3 is 10.0 Å². The van der Waals surface area contributed by atoms with Gasteiger partial charge in [0.1, 0.15) is 6.10 Å². The van der Waals surface area contributed by atoms with Gasteiger partial charge in [-0.25, -0.2) is 0 Å². The van der Waals surface area contributed by atoms with E-state index in [9.17, 15) is 14.7 Å². The van der Waals surface area contributed by atoms with Crippen molar-refractivity contribution in [1.82, 2.24) is 0 Å². The van der Waals surface area contributed by atoms with Crippen molar-refractivity contribution in [2.45, 2.75) is 33.3 Å². The summed E-state index contributed by atoms with van der Waals surface area (Å²) in [5, 5.41) is 10.1. The van der Waals surface area contributed by atoms with Gasteiger partial charge in [-0.05, 0) is 17.2 Å². The fourth-order valence-corrected chi connectivity index (χ4v) is 2.22. The van der Waals surface area contributed by atoms with E-state index in [2.05, 4.69) is 0 Å².